The Kier molecular flexibility index (Phi) is 5.70. The summed E-state index contributed by atoms with van der Waals surface area (Å²) < 4.78 is 5.40. The van der Waals surface area contributed by atoms with Gasteiger partial charge in [0.05, 0.1) is 18.7 Å². The number of nitrogens with zero attached hydrogens (tertiary/aromatic N) is 2. The van der Waals surface area contributed by atoms with Crippen molar-refractivity contribution in [1.29, 1.82) is 0 Å². The zero-order chi connectivity index (χ0) is 16.7. The van der Waals surface area contributed by atoms with Crippen molar-refractivity contribution in [3.63, 3.8) is 0 Å². The van der Waals surface area contributed by atoms with Crippen LogP contribution >= 0.6 is 0 Å². The Morgan fingerprint density at radius 2 is 2.13 bits per heavy atom. The predicted octanol–water partition coefficient (Wildman–Crippen LogP) is -0.0915. The normalized spacial score (nSPS) is 10.3. The third kappa shape index (κ3) is 4.55. The molecular formula is C15H18N4O4. The number of hydrogen-bond donors (Lipinski definition) is 3. The Bertz CT molecular complexity index is 657. The van der Waals surface area contributed by atoms with Crippen LogP contribution in [0.1, 0.15) is 16.2 Å². The number of nitrogens with one attached hydrogen (secondary N) is 1. The first-order valence-corrected chi connectivity index (χ1v) is 7.00. The molecule has 1 aromatic heterocycles. The second kappa shape index (κ2) is 7.95. The molecule has 4 N–H and O–H groups in total. The van der Waals surface area contributed by atoms with E-state index >= 15 is 0 Å². The zero-order valence-electron chi connectivity index (χ0n) is 12.4. The highest BCUT2D eigenvalue weighted by molar-refractivity contribution is 5.95. The molecule has 2 amide bonds. The van der Waals surface area contributed by atoms with Gasteiger partial charge in [0.25, 0.3) is 11.8 Å². The minimum atomic E-state index is -0.629. The van der Waals surface area contributed by atoms with Crippen molar-refractivity contribution in [2.45, 2.75) is 6.54 Å². The Labute approximate surface area is 132 Å². The molecule has 0 aliphatic heterocycles. The van der Waals surface area contributed by atoms with Gasteiger partial charge >= 0.3 is 0 Å². The van der Waals surface area contributed by atoms with E-state index in [1.807, 2.05) is 0 Å². The minimum Gasteiger partial charge on any atom is -0.483 e. The number of aromatic nitrogens is 2. The third-order valence-corrected chi connectivity index (χ3v) is 3.12. The maximum absolute atomic E-state index is 12.2. The highest BCUT2D eigenvalue weighted by Gasteiger charge is 2.17. The summed E-state index contributed by atoms with van der Waals surface area (Å²) in [6.45, 7) is -0.0666. The van der Waals surface area contributed by atoms with Crippen molar-refractivity contribution in [3.05, 3.63) is 48.0 Å². The van der Waals surface area contributed by atoms with Gasteiger partial charge in [-0.2, -0.15) is 0 Å². The number of amides is 2. The molecule has 0 atom stereocenters. The quantitative estimate of drug-likeness (QED) is 0.628. The molecule has 23 heavy (non-hydrogen) atoms. The molecule has 8 heteroatoms. The Hall–Kier alpha value is -2.87. The van der Waals surface area contributed by atoms with Gasteiger partial charge in [-0.3, -0.25) is 9.59 Å². The van der Waals surface area contributed by atoms with Crippen LogP contribution in [0.25, 0.3) is 0 Å². The van der Waals surface area contributed by atoms with Gasteiger partial charge in [-0.1, -0.05) is 12.1 Å². The molecule has 2 aromatic rings. The van der Waals surface area contributed by atoms with Crippen molar-refractivity contribution < 1.29 is 19.4 Å². The molecule has 1 heterocycles. The summed E-state index contributed by atoms with van der Waals surface area (Å²) in [5.41, 5.74) is 5.47. The number of nitrogens with two attached hydrogens (primary N) is 1. The molecule has 0 bridgehead atoms. The lowest BCUT2D eigenvalue weighted by atomic mass is 10.2. The van der Waals surface area contributed by atoms with E-state index in [0.717, 1.165) is 0 Å². The predicted molar refractivity (Wildman–Crippen MR) is 81.5 cm³/mol. The van der Waals surface area contributed by atoms with Crippen molar-refractivity contribution in [3.8, 4) is 5.75 Å². The number of benzene rings is 1. The summed E-state index contributed by atoms with van der Waals surface area (Å²) in [5.74, 6) is -0.120. The number of aliphatic hydroxyl groups excluding tert-OH is 1. The van der Waals surface area contributed by atoms with Gasteiger partial charge in [-0.15, -0.1) is 0 Å². The number of aromatic amines is 1. The lowest BCUT2D eigenvalue weighted by Crippen LogP contribution is -2.37. The third-order valence-electron chi connectivity index (χ3n) is 3.12. The van der Waals surface area contributed by atoms with Crippen LogP contribution < -0.4 is 10.5 Å². The number of primary amides is 1. The van der Waals surface area contributed by atoms with Crippen LogP contribution in [0, 0.1) is 0 Å². The van der Waals surface area contributed by atoms with Gasteiger partial charge in [0.1, 0.15) is 11.6 Å². The highest BCUT2D eigenvalue weighted by Crippen LogP contribution is 2.17. The monoisotopic (exact) mass is 318 g/mol. The number of rotatable bonds is 8. The molecule has 1 aromatic carbocycles. The number of aliphatic hydroxyl groups is 1. The van der Waals surface area contributed by atoms with Gasteiger partial charge in [-0.25, -0.2) is 4.98 Å². The second-order valence-electron chi connectivity index (χ2n) is 4.72. The molecule has 0 spiro atoms. The lowest BCUT2D eigenvalue weighted by Gasteiger charge is -2.21. The van der Waals surface area contributed by atoms with Gasteiger partial charge < -0.3 is 25.5 Å². The standard InChI is InChI=1S/C15H18N4O4/c16-15(22)11-3-1-2-4-12(11)23-10-14(21)19(7-8-20)9-13-17-5-6-18-13/h1-6,20H,7-10H2,(H2,16,22)(H,17,18). The first-order valence-electron chi connectivity index (χ1n) is 7.00. The Balaban J connectivity index is 2.00. The summed E-state index contributed by atoms with van der Waals surface area (Å²) in [6.07, 6.45) is 3.23. The number of para-hydroxylation sites is 1. The number of H-pyrrole nitrogens is 1. The SMILES string of the molecule is NC(=O)c1ccccc1OCC(=O)N(CCO)Cc1ncc[nH]1. The van der Waals surface area contributed by atoms with Gasteiger partial charge in [-0.05, 0) is 12.1 Å². The van der Waals surface area contributed by atoms with Crippen LogP contribution in [0.5, 0.6) is 5.75 Å². The second-order valence-corrected chi connectivity index (χ2v) is 4.72. The fourth-order valence-electron chi connectivity index (χ4n) is 2.00. The molecule has 122 valence electrons. The summed E-state index contributed by atoms with van der Waals surface area (Å²) in [6, 6.07) is 6.43. The van der Waals surface area contributed by atoms with Crippen molar-refractivity contribution >= 4 is 11.8 Å². The van der Waals surface area contributed by atoms with Crippen LogP contribution in [0.2, 0.25) is 0 Å². The largest absolute Gasteiger partial charge is 0.483 e. The Morgan fingerprint density at radius 1 is 1.35 bits per heavy atom. The van der Waals surface area contributed by atoms with Crippen molar-refractivity contribution in [2.24, 2.45) is 5.73 Å². The molecule has 2 rings (SSSR count). The number of ether oxygens (including phenoxy) is 1. The van der Waals surface area contributed by atoms with Crippen LogP contribution in [-0.4, -0.2) is 51.5 Å². The smallest absolute Gasteiger partial charge is 0.260 e. The van der Waals surface area contributed by atoms with E-state index in [9.17, 15) is 9.59 Å². The summed E-state index contributed by atoms with van der Waals surface area (Å²) >= 11 is 0. The molecule has 0 aliphatic carbocycles. The van der Waals surface area contributed by atoms with E-state index in [2.05, 4.69) is 9.97 Å². The van der Waals surface area contributed by atoms with E-state index in [4.69, 9.17) is 15.6 Å². The van der Waals surface area contributed by atoms with Crippen molar-refractivity contribution in [2.75, 3.05) is 19.8 Å². The molecule has 0 saturated carbocycles. The van der Waals surface area contributed by atoms with Crippen LogP contribution in [-0.2, 0) is 11.3 Å². The van der Waals surface area contributed by atoms with Crippen LogP contribution in [0.15, 0.2) is 36.7 Å². The first-order chi connectivity index (χ1) is 11.1. The molecule has 0 saturated heterocycles. The molecule has 0 aliphatic rings. The number of carbonyl (C=O) groups excluding carboxylic acids is 2. The van der Waals surface area contributed by atoms with E-state index in [-0.39, 0.29) is 43.5 Å². The highest BCUT2D eigenvalue weighted by atomic mass is 16.5. The summed E-state index contributed by atoms with van der Waals surface area (Å²) in [7, 11) is 0. The lowest BCUT2D eigenvalue weighted by molar-refractivity contribution is -0.134. The summed E-state index contributed by atoms with van der Waals surface area (Å²) in [4.78, 5) is 31.9. The van der Waals surface area contributed by atoms with Gasteiger partial charge in [0.15, 0.2) is 6.61 Å². The fraction of sp³-hybridized carbons (Fsp3) is 0.267. The number of carbonyl (C=O) groups is 2. The topological polar surface area (TPSA) is 122 Å². The minimum absolute atomic E-state index is 0.153. The molecule has 0 radical (unpaired) electrons. The van der Waals surface area contributed by atoms with E-state index in [1.165, 1.54) is 11.0 Å². The number of imidazole rings is 1. The average Bonchev–Trinajstić information content (AvgIpc) is 3.05. The fourth-order valence-corrected chi connectivity index (χ4v) is 2.00. The summed E-state index contributed by atoms with van der Waals surface area (Å²) in [5, 5.41) is 9.09. The molecular weight excluding hydrogens is 300 g/mol. The number of hydrogen-bond acceptors (Lipinski definition) is 5. The molecule has 0 fully saturated rings. The van der Waals surface area contributed by atoms with Gasteiger partial charge in [0.2, 0.25) is 0 Å². The zero-order valence-corrected chi connectivity index (χ0v) is 12.4. The maximum atomic E-state index is 12.2. The van der Waals surface area contributed by atoms with E-state index < -0.39 is 5.91 Å². The molecule has 0 unspecified atom stereocenters. The van der Waals surface area contributed by atoms with E-state index in [1.54, 1.807) is 30.6 Å². The van der Waals surface area contributed by atoms with Crippen molar-refractivity contribution in [1.82, 2.24) is 14.9 Å². The first kappa shape index (κ1) is 16.5. The maximum Gasteiger partial charge on any atom is 0.260 e. The van der Waals surface area contributed by atoms with Crippen LogP contribution in [0.4, 0.5) is 0 Å². The Morgan fingerprint density at radius 3 is 2.78 bits per heavy atom. The van der Waals surface area contributed by atoms with Crippen LogP contribution in [0.3, 0.4) is 0 Å². The van der Waals surface area contributed by atoms with Gasteiger partial charge in [0, 0.05) is 18.9 Å². The van der Waals surface area contributed by atoms with E-state index in [0.29, 0.717) is 5.82 Å². The molecule has 8 nitrogen and oxygen atoms in total. The average molecular weight is 318 g/mol.